The number of carbonyl (C=O) groups is 3. The molecule has 3 aliphatic rings. The molecule has 2 saturated heterocycles. The van der Waals surface area contributed by atoms with Gasteiger partial charge in [0.05, 0.1) is 31.7 Å². The van der Waals surface area contributed by atoms with Gasteiger partial charge in [-0.3, -0.25) is 38.6 Å². The van der Waals surface area contributed by atoms with Crippen molar-refractivity contribution in [3.63, 3.8) is 0 Å². The zero-order valence-corrected chi connectivity index (χ0v) is 37.4. The molecule has 27 heteroatoms. The SMILES string of the molecule is CC(NC(=O)C(N)C(C)C)C(=O)NCc1ccccc1C(=O)Nc1nc2c(ncn2[C@@H]2O[C@@H]3COP(O)(=S)O[C@H]4C[C@H](Oc5ccncn5)C[C@@H]4COP(=O)(S)O[C@@H]2[C@@H]3O)c(=O)[nH]1. The van der Waals surface area contributed by atoms with Crippen molar-refractivity contribution in [3.05, 3.63) is 70.7 Å². The van der Waals surface area contributed by atoms with Crippen LogP contribution in [0.1, 0.15) is 55.8 Å². The topological polar surface area (TPSA) is 316 Å². The van der Waals surface area contributed by atoms with E-state index in [1.807, 2.05) is 0 Å². The van der Waals surface area contributed by atoms with Gasteiger partial charge in [-0.1, -0.05) is 44.3 Å². The van der Waals surface area contributed by atoms with Gasteiger partial charge in [0.2, 0.25) is 23.6 Å². The van der Waals surface area contributed by atoms with Crippen LogP contribution in [-0.4, -0.2) is 113 Å². The molecule has 2 bridgehead atoms. The van der Waals surface area contributed by atoms with Crippen molar-refractivity contribution in [1.82, 2.24) is 40.1 Å². The highest BCUT2D eigenvalue weighted by Gasteiger charge is 2.51. The Bertz CT molecular complexity index is 2490. The Hall–Kier alpha value is -4.23. The number of anilines is 1. The highest BCUT2D eigenvalue weighted by atomic mass is 32.7. The van der Waals surface area contributed by atoms with E-state index >= 15 is 0 Å². The largest absolute Gasteiger partial charge is 0.474 e. The normalized spacial score (nSPS) is 29.7. The number of hydrogen-bond acceptors (Lipinski definition) is 18. The first-order valence-corrected chi connectivity index (χ1v) is 24.9. The van der Waals surface area contributed by atoms with E-state index < -0.39 is 98.2 Å². The number of rotatable bonds is 11. The molecule has 63 heavy (non-hydrogen) atoms. The Morgan fingerprint density at radius 2 is 1.87 bits per heavy atom. The van der Waals surface area contributed by atoms with Crippen molar-refractivity contribution < 1.29 is 56.5 Å². The number of hydrogen-bond donors (Lipinski definition) is 8. The quantitative estimate of drug-likeness (QED) is 0.0779. The number of aliphatic hydroxyl groups is 1. The summed E-state index contributed by atoms with van der Waals surface area (Å²) in [5.41, 5.74) is 5.29. The van der Waals surface area contributed by atoms with Crippen molar-refractivity contribution in [2.75, 3.05) is 18.5 Å². The first kappa shape index (κ1) is 46.8. The number of carbonyl (C=O) groups excluding carboxylic acids is 3. The molecule has 340 valence electrons. The van der Waals surface area contributed by atoms with Gasteiger partial charge < -0.3 is 49.4 Å². The van der Waals surface area contributed by atoms with Gasteiger partial charge in [-0.2, -0.15) is 4.98 Å². The molecule has 3 amide bonds. The van der Waals surface area contributed by atoms with Crippen LogP contribution >= 0.6 is 25.8 Å². The smallest absolute Gasteiger partial charge is 0.386 e. The number of nitrogens with two attached hydrogens (primary N) is 1. The van der Waals surface area contributed by atoms with E-state index in [0.29, 0.717) is 17.9 Å². The Kier molecular flexibility index (Phi) is 14.5. The lowest BCUT2D eigenvalue weighted by atomic mass is 10.0. The van der Waals surface area contributed by atoms with E-state index in [4.69, 9.17) is 45.1 Å². The zero-order valence-electron chi connectivity index (χ0n) is 33.9. The second-order valence-corrected chi connectivity index (χ2v) is 21.1. The molecule has 23 nitrogen and oxygen atoms in total. The fourth-order valence-corrected chi connectivity index (χ4v) is 10.2. The number of aliphatic hydroxyl groups excluding tert-OH is 1. The van der Waals surface area contributed by atoms with Crippen LogP contribution in [0.5, 0.6) is 5.88 Å². The van der Waals surface area contributed by atoms with Crippen LogP contribution in [0, 0.1) is 11.8 Å². The number of nitrogens with zero attached hydrogens (tertiary/aromatic N) is 5. The minimum Gasteiger partial charge on any atom is -0.474 e. The third-order valence-corrected chi connectivity index (χ3v) is 13.7. The van der Waals surface area contributed by atoms with Crippen LogP contribution in [0.15, 0.2) is 54.0 Å². The molecule has 0 radical (unpaired) electrons. The molecule has 7 rings (SSSR count). The molecule has 5 heterocycles. The Morgan fingerprint density at radius 1 is 1.10 bits per heavy atom. The molecular weight excluding hydrogens is 907 g/mol. The monoisotopic (exact) mass is 952 g/mol. The van der Waals surface area contributed by atoms with Gasteiger partial charge >= 0.3 is 13.5 Å². The first-order valence-electron chi connectivity index (χ1n) is 19.7. The molecule has 0 spiro atoms. The van der Waals surface area contributed by atoms with E-state index in [9.17, 15) is 33.7 Å². The minimum absolute atomic E-state index is 0.0990. The Morgan fingerprint density at radius 3 is 2.62 bits per heavy atom. The predicted molar refractivity (Wildman–Crippen MR) is 229 cm³/mol. The number of nitrogens with one attached hydrogen (secondary N) is 4. The summed E-state index contributed by atoms with van der Waals surface area (Å²) in [5.74, 6) is -2.39. The maximum Gasteiger partial charge on any atom is 0.386 e. The summed E-state index contributed by atoms with van der Waals surface area (Å²) < 4.78 is 50.3. The third-order valence-electron chi connectivity index (χ3n) is 10.5. The highest BCUT2D eigenvalue weighted by molar-refractivity contribution is 8.44. The standard InChI is InChI=1S/C36H46N10O13P2S2/c1-17(2)26(37)33(50)42-18(3)31(48)39-12-19-6-4-5-7-22(19)32(49)44-36-43-30-27(34(51)45-36)41-16-46(30)35-29-28(47)24(57-35)14-55-60(52,62)58-23-11-21(56-25-8-9-38-15-40-25)10-20(23)13-54-61(53,63)59-29/h4-9,15-18,20-21,23-24,26,28-29,35,47H,10-14,37H2,1-3H3,(H,39,48)(H,42,50)(H,52,62)(H,53,63)(H2,43,44,45,49,51)/t18?,20-,21-,23+,24-,26?,28-,29-,35-,60?,61?/m1/s1. The average molecular weight is 953 g/mol. The molecule has 4 aromatic rings. The number of thiol groups is 1. The van der Waals surface area contributed by atoms with E-state index in [-0.39, 0.29) is 48.2 Å². The van der Waals surface area contributed by atoms with Crippen molar-refractivity contribution in [2.24, 2.45) is 17.6 Å². The van der Waals surface area contributed by atoms with E-state index in [0.717, 1.165) is 0 Å². The third kappa shape index (κ3) is 11.2. The van der Waals surface area contributed by atoms with Crippen LogP contribution in [0.2, 0.25) is 0 Å². The molecular formula is C36H46N10O13P2S2. The second-order valence-electron chi connectivity index (χ2n) is 15.4. The minimum atomic E-state index is -4.32. The number of fused-ring (bicyclic) bond motifs is 4. The molecule has 1 saturated carbocycles. The summed E-state index contributed by atoms with van der Waals surface area (Å²) in [7, 11) is 0. The van der Waals surface area contributed by atoms with Crippen molar-refractivity contribution in [3.8, 4) is 5.88 Å². The lowest BCUT2D eigenvalue weighted by Crippen LogP contribution is -2.51. The summed E-state index contributed by atoms with van der Waals surface area (Å²) in [4.78, 5) is 82.3. The predicted octanol–water partition coefficient (Wildman–Crippen LogP) is 1.45. The van der Waals surface area contributed by atoms with Crippen molar-refractivity contribution in [2.45, 2.75) is 89.0 Å². The molecule has 4 unspecified atom stereocenters. The van der Waals surface area contributed by atoms with E-state index in [1.165, 1.54) is 36.4 Å². The Labute approximate surface area is 369 Å². The van der Waals surface area contributed by atoms with Gasteiger partial charge in [0.15, 0.2) is 17.4 Å². The number of H-pyrrole nitrogens is 1. The number of amides is 3. The maximum atomic E-state index is 13.8. The van der Waals surface area contributed by atoms with Crippen LogP contribution in [0.4, 0.5) is 5.95 Å². The number of ether oxygens (including phenoxy) is 2. The molecule has 2 aliphatic heterocycles. The number of benzene rings is 1. The maximum absolute atomic E-state index is 13.8. The van der Waals surface area contributed by atoms with Gasteiger partial charge in [-0.25, -0.2) is 19.5 Å². The Balaban J connectivity index is 1.08. The van der Waals surface area contributed by atoms with Gasteiger partial charge in [0.1, 0.15) is 36.8 Å². The summed E-state index contributed by atoms with van der Waals surface area (Å²) in [5, 5.41) is 19.3. The van der Waals surface area contributed by atoms with Gasteiger partial charge in [-0.15, -0.1) is 0 Å². The number of aromatic amines is 1. The second kappa shape index (κ2) is 19.5. The number of aromatic nitrogens is 6. The van der Waals surface area contributed by atoms with Crippen LogP contribution in [-0.2, 0) is 55.3 Å². The summed E-state index contributed by atoms with van der Waals surface area (Å²) in [6.45, 7) is -4.12. The lowest BCUT2D eigenvalue weighted by Gasteiger charge is -2.27. The fraction of sp³-hybridized carbons (Fsp3) is 0.500. The van der Waals surface area contributed by atoms with Crippen LogP contribution < -0.4 is 32.0 Å². The van der Waals surface area contributed by atoms with Gasteiger partial charge in [0, 0.05) is 36.7 Å². The van der Waals surface area contributed by atoms with E-state index in [1.54, 1.807) is 38.1 Å². The molecule has 8 N–H and O–H groups in total. The van der Waals surface area contributed by atoms with Crippen LogP contribution in [0.3, 0.4) is 0 Å². The lowest BCUT2D eigenvalue weighted by molar-refractivity contribution is -0.129. The summed E-state index contributed by atoms with van der Waals surface area (Å²) in [6.07, 6.45) is -2.46. The zero-order chi connectivity index (χ0) is 45.2. The number of imidazole rings is 1. The van der Waals surface area contributed by atoms with Gasteiger partial charge in [0.25, 0.3) is 11.5 Å². The van der Waals surface area contributed by atoms with Crippen molar-refractivity contribution in [1.29, 1.82) is 0 Å². The van der Waals surface area contributed by atoms with Gasteiger partial charge in [-0.05, 0) is 42.7 Å². The first-order chi connectivity index (χ1) is 29.9. The fourth-order valence-electron chi connectivity index (χ4n) is 7.15. The molecule has 3 fully saturated rings. The molecule has 11 atom stereocenters. The molecule has 1 aliphatic carbocycles. The summed E-state index contributed by atoms with van der Waals surface area (Å²) in [6, 6.07) is 6.22. The van der Waals surface area contributed by atoms with Crippen LogP contribution in [0.25, 0.3) is 11.2 Å². The highest BCUT2D eigenvalue weighted by Crippen LogP contribution is 2.58. The van der Waals surface area contributed by atoms with Crippen molar-refractivity contribution >= 4 is 72.4 Å². The van der Waals surface area contributed by atoms with E-state index in [2.05, 4.69) is 53.1 Å². The summed E-state index contributed by atoms with van der Waals surface area (Å²) >= 11 is 9.55. The molecule has 1 aromatic carbocycles. The average Bonchev–Trinajstić information content (AvgIpc) is 3.92. The molecule has 3 aromatic heterocycles.